The van der Waals surface area contributed by atoms with E-state index < -0.39 is 12.4 Å². The molecule has 4 atom stereocenters. The molecule has 0 aliphatic carbocycles. The maximum atomic E-state index is 9.74. The van der Waals surface area contributed by atoms with Gasteiger partial charge in [-0.1, -0.05) is 13.3 Å². The highest BCUT2D eigenvalue weighted by atomic mass is 16.6. The Morgan fingerprint density at radius 2 is 1.87 bits per heavy atom. The molecule has 4 N–H and O–H groups in total. The van der Waals surface area contributed by atoms with Crippen molar-refractivity contribution in [3.05, 3.63) is 0 Å². The quantitative estimate of drug-likeness (QED) is 0.529. The van der Waals surface area contributed by atoms with E-state index in [4.69, 9.17) is 10.5 Å². The van der Waals surface area contributed by atoms with E-state index in [9.17, 15) is 10.2 Å². The zero-order valence-corrected chi connectivity index (χ0v) is 10.0. The molecule has 0 rings (SSSR count). The first-order valence-electron chi connectivity index (χ1n) is 5.76. The zero-order valence-electron chi connectivity index (χ0n) is 10.0. The zero-order chi connectivity index (χ0) is 11.8. The van der Waals surface area contributed by atoms with E-state index in [2.05, 4.69) is 0 Å². The number of nitrogens with two attached hydrogens (primary N) is 1. The summed E-state index contributed by atoms with van der Waals surface area (Å²) in [7, 11) is 0. The van der Waals surface area contributed by atoms with Crippen molar-refractivity contribution in [1.29, 1.82) is 0 Å². The SMILES string of the molecule is CCCC(N)[C@H](CC(C)O)C(O)OCC. The van der Waals surface area contributed by atoms with Crippen LogP contribution in [-0.4, -0.2) is 35.3 Å². The maximum absolute atomic E-state index is 9.74. The molecule has 0 aromatic carbocycles. The number of rotatable bonds is 8. The highest BCUT2D eigenvalue weighted by Gasteiger charge is 2.26. The van der Waals surface area contributed by atoms with Gasteiger partial charge in [-0.15, -0.1) is 0 Å². The summed E-state index contributed by atoms with van der Waals surface area (Å²) in [5.41, 5.74) is 5.96. The standard InChI is InChI=1S/C11H25NO3/c1-4-6-10(12)9(7-8(3)13)11(14)15-5-2/h8-11,13-14H,4-7,12H2,1-3H3/t8?,9-,10?,11?/m0/s1. The minimum atomic E-state index is -0.869. The van der Waals surface area contributed by atoms with Gasteiger partial charge in [0.05, 0.1) is 6.10 Å². The van der Waals surface area contributed by atoms with Crippen LogP contribution in [0.1, 0.15) is 40.0 Å². The molecule has 0 radical (unpaired) electrons. The van der Waals surface area contributed by atoms with Gasteiger partial charge < -0.3 is 20.7 Å². The van der Waals surface area contributed by atoms with E-state index in [0.717, 1.165) is 12.8 Å². The van der Waals surface area contributed by atoms with Crippen molar-refractivity contribution in [2.24, 2.45) is 11.7 Å². The monoisotopic (exact) mass is 219 g/mol. The maximum Gasteiger partial charge on any atom is 0.158 e. The highest BCUT2D eigenvalue weighted by molar-refractivity contribution is 4.76. The van der Waals surface area contributed by atoms with Gasteiger partial charge in [0.25, 0.3) is 0 Å². The van der Waals surface area contributed by atoms with E-state index in [0.29, 0.717) is 13.0 Å². The van der Waals surface area contributed by atoms with E-state index in [-0.39, 0.29) is 12.0 Å². The summed E-state index contributed by atoms with van der Waals surface area (Å²) in [6, 6.07) is -0.119. The first kappa shape index (κ1) is 14.8. The number of ether oxygens (including phenoxy) is 1. The van der Waals surface area contributed by atoms with Gasteiger partial charge in [0.15, 0.2) is 6.29 Å². The predicted molar refractivity (Wildman–Crippen MR) is 60.3 cm³/mol. The molecular formula is C11H25NO3. The lowest BCUT2D eigenvalue weighted by Crippen LogP contribution is -2.41. The molecule has 0 spiro atoms. The second-order valence-electron chi connectivity index (χ2n) is 4.05. The molecule has 15 heavy (non-hydrogen) atoms. The van der Waals surface area contributed by atoms with Crippen LogP contribution in [0.4, 0.5) is 0 Å². The van der Waals surface area contributed by atoms with Crippen LogP contribution < -0.4 is 5.73 Å². The smallest absolute Gasteiger partial charge is 0.158 e. The molecule has 0 aliphatic rings. The van der Waals surface area contributed by atoms with E-state index in [1.54, 1.807) is 6.92 Å². The van der Waals surface area contributed by atoms with Crippen molar-refractivity contribution in [2.75, 3.05) is 6.61 Å². The average Bonchev–Trinajstić information content (AvgIpc) is 2.14. The Labute approximate surface area is 92.4 Å². The molecule has 4 heteroatoms. The molecule has 0 bridgehead atoms. The van der Waals surface area contributed by atoms with Crippen LogP contribution in [0.2, 0.25) is 0 Å². The van der Waals surface area contributed by atoms with Gasteiger partial charge in [-0.25, -0.2) is 0 Å². The third-order valence-electron chi connectivity index (χ3n) is 2.49. The van der Waals surface area contributed by atoms with Gasteiger partial charge >= 0.3 is 0 Å². The minimum Gasteiger partial charge on any atom is -0.393 e. The molecule has 3 unspecified atom stereocenters. The largest absolute Gasteiger partial charge is 0.393 e. The Kier molecular flexibility index (Phi) is 7.96. The summed E-state index contributed by atoms with van der Waals surface area (Å²) in [5, 5.41) is 19.1. The average molecular weight is 219 g/mol. The number of hydrogen-bond donors (Lipinski definition) is 3. The summed E-state index contributed by atoms with van der Waals surface area (Å²) < 4.78 is 5.14. The van der Waals surface area contributed by atoms with Crippen molar-refractivity contribution in [3.8, 4) is 0 Å². The second kappa shape index (κ2) is 8.05. The van der Waals surface area contributed by atoms with Gasteiger partial charge in [-0.3, -0.25) is 0 Å². The van der Waals surface area contributed by atoms with Gasteiger partial charge in [-0.05, 0) is 26.7 Å². The molecule has 0 fully saturated rings. The summed E-state index contributed by atoms with van der Waals surface area (Å²) in [6.07, 6.45) is 0.944. The molecule has 0 saturated carbocycles. The lowest BCUT2D eigenvalue weighted by molar-refractivity contribution is -0.142. The van der Waals surface area contributed by atoms with Crippen LogP contribution in [0.3, 0.4) is 0 Å². The normalized spacial score (nSPS) is 19.6. The van der Waals surface area contributed by atoms with E-state index >= 15 is 0 Å². The topological polar surface area (TPSA) is 75.7 Å². The van der Waals surface area contributed by atoms with Crippen LogP contribution in [0, 0.1) is 5.92 Å². The van der Waals surface area contributed by atoms with Gasteiger partial charge in [0.1, 0.15) is 0 Å². The molecule has 0 aromatic heterocycles. The van der Waals surface area contributed by atoms with Crippen LogP contribution in [0.15, 0.2) is 0 Å². The minimum absolute atomic E-state index is 0.119. The highest BCUT2D eigenvalue weighted by Crippen LogP contribution is 2.19. The van der Waals surface area contributed by atoms with E-state index in [1.165, 1.54) is 0 Å². The first-order chi connectivity index (χ1) is 7.02. The Morgan fingerprint density at radius 3 is 2.27 bits per heavy atom. The molecule has 0 heterocycles. The number of hydrogen-bond acceptors (Lipinski definition) is 4. The fourth-order valence-electron chi connectivity index (χ4n) is 1.74. The van der Waals surface area contributed by atoms with Crippen molar-refractivity contribution in [1.82, 2.24) is 0 Å². The summed E-state index contributed by atoms with van der Waals surface area (Å²) in [5.74, 6) is -0.190. The number of aliphatic hydroxyl groups excluding tert-OH is 2. The second-order valence-corrected chi connectivity index (χ2v) is 4.05. The molecule has 0 saturated heterocycles. The van der Waals surface area contributed by atoms with E-state index in [1.807, 2.05) is 13.8 Å². The van der Waals surface area contributed by atoms with Crippen molar-refractivity contribution in [2.45, 2.75) is 58.5 Å². The van der Waals surface area contributed by atoms with Crippen molar-refractivity contribution >= 4 is 0 Å². The predicted octanol–water partition coefficient (Wildman–Crippen LogP) is 0.856. The molecule has 0 aliphatic heterocycles. The first-order valence-corrected chi connectivity index (χ1v) is 5.76. The number of aliphatic hydroxyl groups is 2. The molecule has 0 amide bonds. The summed E-state index contributed by atoms with van der Waals surface area (Å²) in [6.45, 7) is 6.03. The Hall–Kier alpha value is -0.160. The van der Waals surface area contributed by atoms with Crippen LogP contribution in [0.25, 0.3) is 0 Å². The summed E-state index contributed by atoms with van der Waals surface area (Å²) in [4.78, 5) is 0. The van der Waals surface area contributed by atoms with Crippen molar-refractivity contribution in [3.63, 3.8) is 0 Å². The molecule has 4 nitrogen and oxygen atoms in total. The van der Waals surface area contributed by atoms with Gasteiger partial charge in [-0.2, -0.15) is 0 Å². The third-order valence-corrected chi connectivity index (χ3v) is 2.49. The fourth-order valence-corrected chi connectivity index (χ4v) is 1.74. The lowest BCUT2D eigenvalue weighted by atomic mass is 9.91. The Morgan fingerprint density at radius 1 is 1.27 bits per heavy atom. The summed E-state index contributed by atoms with van der Waals surface area (Å²) >= 11 is 0. The Bertz CT molecular complexity index is 141. The lowest BCUT2D eigenvalue weighted by Gasteiger charge is -2.29. The molecule has 92 valence electrons. The van der Waals surface area contributed by atoms with Crippen LogP contribution >= 0.6 is 0 Å². The van der Waals surface area contributed by atoms with Crippen molar-refractivity contribution < 1.29 is 14.9 Å². The fraction of sp³-hybridized carbons (Fsp3) is 1.00. The van der Waals surface area contributed by atoms with Crippen LogP contribution in [0.5, 0.6) is 0 Å². The van der Waals surface area contributed by atoms with Gasteiger partial charge in [0.2, 0.25) is 0 Å². The third kappa shape index (κ3) is 6.10. The Balaban J connectivity index is 4.27. The van der Waals surface area contributed by atoms with Gasteiger partial charge in [0, 0.05) is 18.6 Å². The molecule has 0 aromatic rings. The molecular weight excluding hydrogens is 194 g/mol. The van der Waals surface area contributed by atoms with Crippen LogP contribution in [-0.2, 0) is 4.74 Å².